The summed E-state index contributed by atoms with van der Waals surface area (Å²) in [5, 5.41) is 0. The summed E-state index contributed by atoms with van der Waals surface area (Å²) >= 11 is 0. The number of aryl methyl sites for hydroxylation is 1. The van der Waals surface area contributed by atoms with Crippen molar-refractivity contribution < 1.29 is 4.79 Å². The van der Waals surface area contributed by atoms with Gasteiger partial charge in [-0.2, -0.15) is 0 Å². The molecule has 5 heteroatoms. The number of aromatic nitrogens is 1. The summed E-state index contributed by atoms with van der Waals surface area (Å²) in [6.07, 6.45) is 0.760. The monoisotopic (exact) mass is 283 g/mol. The standard InChI is InChI=1S/C16H17N3O2/c1-10-5-6-12(15(20)18-10)16(21)19-8-7-11-3-2-4-14(17)13(11)9-19/h2-6H,7-9,17H2,1H3,(H,18,20). The molecule has 1 aliphatic rings. The highest BCUT2D eigenvalue weighted by Crippen LogP contribution is 2.24. The first-order chi connectivity index (χ1) is 10.1. The molecular weight excluding hydrogens is 266 g/mol. The zero-order chi connectivity index (χ0) is 15.0. The number of nitrogen functional groups attached to an aromatic ring is 1. The Kier molecular flexibility index (Phi) is 3.25. The number of pyridine rings is 1. The van der Waals surface area contributed by atoms with Crippen molar-refractivity contribution >= 4 is 11.6 Å². The van der Waals surface area contributed by atoms with Gasteiger partial charge in [-0.3, -0.25) is 9.59 Å². The zero-order valence-electron chi connectivity index (χ0n) is 11.8. The van der Waals surface area contributed by atoms with Crippen LogP contribution < -0.4 is 11.3 Å². The minimum absolute atomic E-state index is 0.179. The van der Waals surface area contributed by atoms with Gasteiger partial charge in [0.15, 0.2) is 0 Å². The quantitative estimate of drug-likeness (QED) is 0.778. The highest BCUT2D eigenvalue weighted by molar-refractivity contribution is 5.94. The van der Waals surface area contributed by atoms with E-state index in [9.17, 15) is 9.59 Å². The Labute approximate surface area is 122 Å². The van der Waals surface area contributed by atoms with Crippen LogP contribution in [-0.2, 0) is 13.0 Å². The summed E-state index contributed by atoms with van der Waals surface area (Å²) in [4.78, 5) is 28.8. The Morgan fingerprint density at radius 2 is 2.10 bits per heavy atom. The predicted molar refractivity (Wildman–Crippen MR) is 81.1 cm³/mol. The van der Waals surface area contributed by atoms with Gasteiger partial charge in [-0.05, 0) is 42.7 Å². The van der Waals surface area contributed by atoms with Crippen molar-refractivity contribution in [3.05, 3.63) is 63.1 Å². The predicted octanol–water partition coefficient (Wildman–Crippen LogP) is 1.46. The van der Waals surface area contributed by atoms with E-state index in [2.05, 4.69) is 4.98 Å². The second-order valence-electron chi connectivity index (χ2n) is 5.35. The van der Waals surface area contributed by atoms with E-state index in [4.69, 9.17) is 5.73 Å². The van der Waals surface area contributed by atoms with Gasteiger partial charge >= 0.3 is 0 Å². The van der Waals surface area contributed by atoms with E-state index in [1.807, 2.05) is 18.2 Å². The number of carbonyl (C=O) groups is 1. The molecule has 0 fully saturated rings. The van der Waals surface area contributed by atoms with Crippen LogP contribution in [0.25, 0.3) is 0 Å². The Balaban J connectivity index is 1.91. The fourth-order valence-electron chi connectivity index (χ4n) is 2.69. The maximum absolute atomic E-state index is 12.5. The molecule has 0 spiro atoms. The third kappa shape index (κ3) is 2.42. The number of anilines is 1. The number of nitrogens with two attached hydrogens (primary N) is 1. The van der Waals surface area contributed by atoms with Crippen LogP contribution in [0.4, 0.5) is 5.69 Å². The number of carbonyl (C=O) groups excluding carboxylic acids is 1. The lowest BCUT2D eigenvalue weighted by Crippen LogP contribution is -2.38. The molecule has 1 aliphatic heterocycles. The molecule has 0 aliphatic carbocycles. The van der Waals surface area contributed by atoms with Gasteiger partial charge in [0.2, 0.25) is 0 Å². The number of rotatable bonds is 1. The third-order valence-electron chi connectivity index (χ3n) is 3.88. The second-order valence-corrected chi connectivity index (χ2v) is 5.35. The van der Waals surface area contributed by atoms with Crippen molar-refractivity contribution in [1.82, 2.24) is 9.88 Å². The van der Waals surface area contributed by atoms with Crippen LogP contribution in [0.15, 0.2) is 35.1 Å². The molecule has 0 bridgehead atoms. The number of nitrogens with one attached hydrogen (secondary N) is 1. The fraction of sp³-hybridized carbons (Fsp3) is 0.250. The van der Waals surface area contributed by atoms with Gasteiger partial charge in [-0.1, -0.05) is 12.1 Å². The maximum atomic E-state index is 12.5. The molecule has 0 unspecified atom stereocenters. The first kappa shape index (κ1) is 13.4. The van der Waals surface area contributed by atoms with E-state index < -0.39 is 0 Å². The van der Waals surface area contributed by atoms with Crippen molar-refractivity contribution in [3.63, 3.8) is 0 Å². The van der Waals surface area contributed by atoms with Crippen LogP contribution in [0.1, 0.15) is 27.2 Å². The molecule has 2 aromatic rings. The van der Waals surface area contributed by atoms with E-state index in [0.29, 0.717) is 18.8 Å². The highest BCUT2D eigenvalue weighted by atomic mass is 16.2. The van der Waals surface area contributed by atoms with Crippen molar-refractivity contribution in [3.8, 4) is 0 Å². The number of amides is 1. The first-order valence-electron chi connectivity index (χ1n) is 6.91. The lowest BCUT2D eigenvalue weighted by Gasteiger charge is -2.29. The smallest absolute Gasteiger partial charge is 0.260 e. The summed E-state index contributed by atoms with van der Waals surface area (Å²) in [7, 11) is 0. The average Bonchev–Trinajstić information content (AvgIpc) is 2.47. The Hall–Kier alpha value is -2.56. The van der Waals surface area contributed by atoms with Gasteiger partial charge in [-0.15, -0.1) is 0 Å². The highest BCUT2D eigenvalue weighted by Gasteiger charge is 2.24. The zero-order valence-corrected chi connectivity index (χ0v) is 11.8. The molecule has 0 radical (unpaired) electrons. The summed E-state index contributed by atoms with van der Waals surface area (Å²) in [5.41, 5.74) is 9.43. The average molecular weight is 283 g/mol. The van der Waals surface area contributed by atoms with Gasteiger partial charge in [0.25, 0.3) is 11.5 Å². The molecule has 5 nitrogen and oxygen atoms in total. The Morgan fingerprint density at radius 1 is 1.29 bits per heavy atom. The SMILES string of the molecule is Cc1ccc(C(=O)N2CCc3cccc(N)c3C2)c(=O)[nH]1. The first-order valence-corrected chi connectivity index (χ1v) is 6.91. The van der Waals surface area contributed by atoms with E-state index in [0.717, 1.165) is 17.7 Å². The van der Waals surface area contributed by atoms with E-state index in [1.165, 1.54) is 5.56 Å². The van der Waals surface area contributed by atoms with Crippen molar-refractivity contribution in [2.75, 3.05) is 12.3 Å². The van der Waals surface area contributed by atoms with E-state index >= 15 is 0 Å². The van der Waals surface area contributed by atoms with Crippen molar-refractivity contribution in [2.24, 2.45) is 0 Å². The normalized spacial score (nSPS) is 13.9. The molecule has 1 aromatic carbocycles. The van der Waals surface area contributed by atoms with E-state index in [1.54, 1.807) is 24.0 Å². The number of H-pyrrole nitrogens is 1. The molecule has 2 heterocycles. The number of benzene rings is 1. The van der Waals surface area contributed by atoms with Gasteiger partial charge in [0.1, 0.15) is 5.56 Å². The molecule has 108 valence electrons. The minimum atomic E-state index is -0.341. The summed E-state index contributed by atoms with van der Waals surface area (Å²) in [5.74, 6) is -0.245. The fourth-order valence-corrected chi connectivity index (χ4v) is 2.69. The van der Waals surface area contributed by atoms with Gasteiger partial charge in [0.05, 0.1) is 0 Å². The molecule has 21 heavy (non-hydrogen) atoms. The molecule has 0 saturated heterocycles. The van der Waals surface area contributed by atoms with Crippen LogP contribution in [0.2, 0.25) is 0 Å². The molecule has 3 N–H and O–H groups in total. The van der Waals surface area contributed by atoms with Crippen LogP contribution in [-0.4, -0.2) is 22.3 Å². The third-order valence-corrected chi connectivity index (χ3v) is 3.88. The number of aromatic amines is 1. The minimum Gasteiger partial charge on any atom is -0.398 e. The Morgan fingerprint density at radius 3 is 2.86 bits per heavy atom. The molecule has 0 atom stereocenters. The van der Waals surface area contributed by atoms with Crippen molar-refractivity contribution in [1.29, 1.82) is 0 Å². The van der Waals surface area contributed by atoms with Gasteiger partial charge in [-0.25, -0.2) is 0 Å². The van der Waals surface area contributed by atoms with Gasteiger partial charge in [0, 0.05) is 24.5 Å². The van der Waals surface area contributed by atoms with Gasteiger partial charge < -0.3 is 15.6 Å². The lowest BCUT2D eigenvalue weighted by molar-refractivity contribution is 0.0733. The number of hydrogen-bond acceptors (Lipinski definition) is 3. The van der Waals surface area contributed by atoms with Crippen LogP contribution in [0.5, 0.6) is 0 Å². The topological polar surface area (TPSA) is 79.2 Å². The molecule has 3 rings (SSSR count). The molecular formula is C16H17N3O2. The Bertz CT molecular complexity index is 764. The van der Waals surface area contributed by atoms with Crippen LogP contribution >= 0.6 is 0 Å². The number of nitrogens with zero attached hydrogens (tertiary/aromatic N) is 1. The molecule has 1 amide bonds. The summed E-state index contributed by atoms with van der Waals surface area (Å²) in [6.45, 7) is 2.84. The lowest BCUT2D eigenvalue weighted by atomic mass is 9.97. The number of hydrogen-bond donors (Lipinski definition) is 2. The van der Waals surface area contributed by atoms with Crippen LogP contribution in [0.3, 0.4) is 0 Å². The molecule has 0 saturated carbocycles. The second kappa shape index (κ2) is 5.09. The maximum Gasteiger partial charge on any atom is 0.260 e. The summed E-state index contributed by atoms with van der Waals surface area (Å²) < 4.78 is 0. The largest absolute Gasteiger partial charge is 0.398 e. The summed E-state index contributed by atoms with van der Waals surface area (Å²) in [6, 6.07) is 9.12. The van der Waals surface area contributed by atoms with Crippen LogP contribution in [0, 0.1) is 6.92 Å². The van der Waals surface area contributed by atoms with E-state index in [-0.39, 0.29) is 17.0 Å². The number of fused-ring (bicyclic) bond motifs is 1. The van der Waals surface area contributed by atoms with Crippen molar-refractivity contribution in [2.45, 2.75) is 19.9 Å². The molecule has 1 aromatic heterocycles.